The van der Waals surface area contributed by atoms with Crippen LogP contribution in [0, 0.1) is 0 Å². The number of esters is 1. The number of carbonyl (C=O) groups is 1. The van der Waals surface area contributed by atoms with E-state index >= 15 is 0 Å². The summed E-state index contributed by atoms with van der Waals surface area (Å²) < 4.78 is 27.6. The molecule has 0 aliphatic heterocycles. The van der Waals surface area contributed by atoms with Gasteiger partial charge in [0.15, 0.2) is 0 Å². The Morgan fingerprint density at radius 3 is 1.97 bits per heavy atom. The maximum atomic E-state index is 12.0. The molecule has 0 spiro atoms. The first-order valence-corrected chi connectivity index (χ1v) is 12.7. The Morgan fingerprint density at radius 2 is 1.40 bits per heavy atom. The third-order valence-electron chi connectivity index (χ3n) is 5.35. The van der Waals surface area contributed by atoms with Crippen molar-refractivity contribution in [3.63, 3.8) is 0 Å². The Hall–Kier alpha value is -1.94. The summed E-state index contributed by atoms with van der Waals surface area (Å²) >= 11 is 1.74. The third kappa shape index (κ3) is 12.0. The fourth-order valence-electron chi connectivity index (χ4n) is 3.81. The molecule has 0 amide bonds. The molecule has 35 heavy (non-hydrogen) atoms. The Balaban J connectivity index is 2.21. The molecule has 0 aliphatic rings. The summed E-state index contributed by atoms with van der Waals surface area (Å²) in [6, 6.07) is 20.4. The highest BCUT2D eigenvalue weighted by Crippen LogP contribution is 2.40. The molecule has 2 rings (SSSR count). The second-order valence-corrected chi connectivity index (χ2v) is 9.45. The van der Waals surface area contributed by atoms with Gasteiger partial charge in [0, 0.05) is 57.2 Å². The zero-order chi connectivity index (χ0) is 25.3. The number of aliphatic hydroxyl groups is 1. The SMILES string of the molecule is COCO[C@H](C[C@H](CCO)OCOC)C[C@@H](CC(Sc1ccccc1)c1ccccc1)OC(C)=O. The van der Waals surface area contributed by atoms with Crippen molar-refractivity contribution in [2.45, 2.75) is 61.1 Å². The van der Waals surface area contributed by atoms with Crippen LogP contribution in [0.4, 0.5) is 0 Å². The maximum absolute atomic E-state index is 12.0. The minimum Gasteiger partial charge on any atom is -0.462 e. The zero-order valence-corrected chi connectivity index (χ0v) is 21.7. The molecule has 4 atom stereocenters. The van der Waals surface area contributed by atoms with Crippen LogP contribution in [0.3, 0.4) is 0 Å². The standard InChI is InChI=1S/C27H38O7S/c1-21(29)34-25(17-24(33-20-31-3)16-23(14-15-28)32-19-30-2)18-27(22-10-6-4-7-11-22)35-26-12-8-5-9-13-26/h4-13,23-25,27-28H,14-20H2,1-3H3/t23-,24+,25-,27?/m0/s1. The minimum absolute atomic E-state index is 0.0114. The number of hydrogen-bond acceptors (Lipinski definition) is 8. The van der Waals surface area contributed by atoms with Gasteiger partial charge in [-0.1, -0.05) is 48.5 Å². The Bertz CT molecular complexity index is 806. The molecule has 0 fully saturated rings. The van der Waals surface area contributed by atoms with Crippen LogP contribution in [0.2, 0.25) is 0 Å². The van der Waals surface area contributed by atoms with Gasteiger partial charge in [-0.2, -0.15) is 0 Å². The topological polar surface area (TPSA) is 83.5 Å². The van der Waals surface area contributed by atoms with E-state index < -0.39 is 0 Å². The molecule has 1 N–H and O–H groups in total. The Morgan fingerprint density at radius 1 is 0.829 bits per heavy atom. The molecule has 1 unspecified atom stereocenters. The van der Waals surface area contributed by atoms with Gasteiger partial charge in [-0.3, -0.25) is 4.79 Å². The number of ether oxygens (including phenoxy) is 5. The molecule has 0 aliphatic carbocycles. The maximum Gasteiger partial charge on any atom is 0.302 e. The molecule has 194 valence electrons. The van der Waals surface area contributed by atoms with Gasteiger partial charge in [-0.05, 0) is 24.1 Å². The molecule has 8 heteroatoms. The van der Waals surface area contributed by atoms with E-state index in [9.17, 15) is 9.90 Å². The summed E-state index contributed by atoms with van der Waals surface area (Å²) in [6.07, 6.45) is 1.10. The summed E-state index contributed by atoms with van der Waals surface area (Å²) in [5.41, 5.74) is 1.16. The van der Waals surface area contributed by atoms with Crippen molar-refractivity contribution >= 4 is 17.7 Å². The molecule has 7 nitrogen and oxygen atoms in total. The number of thioether (sulfide) groups is 1. The normalized spacial score (nSPS) is 14.7. The van der Waals surface area contributed by atoms with E-state index in [4.69, 9.17) is 23.7 Å². The summed E-state index contributed by atoms with van der Waals surface area (Å²) in [7, 11) is 3.12. The fraction of sp³-hybridized carbons (Fsp3) is 0.519. The van der Waals surface area contributed by atoms with Crippen LogP contribution in [0.15, 0.2) is 65.6 Å². The summed E-state index contributed by atoms with van der Waals surface area (Å²) in [6.45, 7) is 1.64. The van der Waals surface area contributed by atoms with Crippen molar-refractivity contribution in [3.05, 3.63) is 66.2 Å². The van der Waals surface area contributed by atoms with Crippen LogP contribution in [0.5, 0.6) is 0 Å². The second-order valence-electron chi connectivity index (χ2n) is 8.17. The average molecular weight is 507 g/mol. The van der Waals surface area contributed by atoms with Crippen molar-refractivity contribution in [1.82, 2.24) is 0 Å². The zero-order valence-electron chi connectivity index (χ0n) is 20.8. The van der Waals surface area contributed by atoms with Crippen LogP contribution in [0.25, 0.3) is 0 Å². The lowest BCUT2D eigenvalue weighted by Gasteiger charge is -2.29. The van der Waals surface area contributed by atoms with Gasteiger partial charge in [0.25, 0.3) is 0 Å². The highest BCUT2D eigenvalue weighted by molar-refractivity contribution is 7.99. The Labute approximate surface area is 213 Å². The van der Waals surface area contributed by atoms with E-state index in [1.54, 1.807) is 26.0 Å². The van der Waals surface area contributed by atoms with Gasteiger partial charge in [-0.15, -0.1) is 11.8 Å². The molecule has 2 aromatic carbocycles. The van der Waals surface area contributed by atoms with Gasteiger partial charge in [0.05, 0.1) is 12.2 Å². The van der Waals surface area contributed by atoms with E-state index in [1.807, 2.05) is 36.4 Å². The lowest BCUT2D eigenvalue weighted by molar-refractivity contribution is -0.152. The lowest BCUT2D eigenvalue weighted by atomic mass is 9.98. The molecule has 0 bridgehead atoms. The lowest BCUT2D eigenvalue weighted by Crippen LogP contribution is -2.31. The van der Waals surface area contributed by atoms with Gasteiger partial charge < -0.3 is 28.8 Å². The average Bonchev–Trinajstić information content (AvgIpc) is 2.86. The monoisotopic (exact) mass is 506 g/mol. The van der Waals surface area contributed by atoms with Crippen LogP contribution in [0.1, 0.15) is 43.4 Å². The Kier molecular flexibility index (Phi) is 14.6. The summed E-state index contributed by atoms with van der Waals surface area (Å²) in [5.74, 6) is -0.334. The molecular formula is C27H38O7S. The third-order valence-corrected chi connectivity index (χ3v) is 6.64. The first-order valence-electron chi connectivity index (χ1n) is 11.8. The van der Waals surface area contributed by atoms with Crippen LogP contribution in [-0.4, -0.2) is 63.8 Å². The molecule has 0 radical (unpaired) electrons. The molecular weight excluding hydrogens is 468 g/mol. The van der Waals surface area contributed by atoms with Crippen LogP contribution < -0.4 is 0 Å². The number of benzene rings is 2. The first-order chi connectivity index (χ1) is 17.0. The number of methoxy groups -OCH3 is 2. The molecule has 0 heterocycles. The quantitative estimate of drug-likeness (QED) is 0.172. The van der Waals surface area contributed by atoms with E-state index in [-0.39, 0.29) is 49.7 Å². The van der Waals surface area contributed by atoms with Crippen LogP contribution >= 0.6 is 11.8 Å². The number of aliphatic hydroxyl groups excluding tert-OH is 1. The van der Waals surface area contributed by atoms with Gasteiger partial charge in [0.1, 0.15) is 19.7 Å². The second kappa shape index (κ2) is 17.5. The summed E-state index contributed by atoms with van der Waals surface area (Å²) in [5, 5.41) is 9.53. The highest BCUT2D eigenvalue weighted by atomic mass is 32.2. The van der Waals surface area contributed by atoms with Crippen molar-refractivity contribution in [2.75, 3.05) is 34.4 Å². The number of carbonyl (C=O) groups excluding carboxylic acids is 1. The van der Waals surface area contributed by atoms with Gasteiger partial charge in [-0.25, -0.2) is 0 Å². The van der Waals surface area contributed by atoms with Crippen molar-refractivity contribution in [3.8, 4) is 0 Å². The predicted molar refractivity (Wildman–Crippen MR) is 136 cm³/mol. The smallest absolute Gasteiger partial charge is 0.302 e. The molecule has 0 saturated heterocycles. The minimum atomic E-state index is -0.382. The van der Waals surface area contributed by atoms with Gasteiger partial charge in [0.2, 0.25) is 0 Å². The summed E-state index contributed by atoms with van der Waals surface area (Å²) in [4.78, 5) is 13.2. The number of hydrogen-bond donors (Lipinski definition) is 1. The first kappa shape index (κ1) is 29.3. The van der Waals surface area contributed by atoms with E-state index in [0.29, 0.717) is 25.7 Å². The molecule has 2 aromatic rings. The van der Waals surface area contributed by atoms with Crippen LogP contribution in [-0.2, 0) is 28.5 Å². The van der Waals surface area contributed by atoms with Gasteiger partial charge >= 0.3 is 5.97 Å². The van der Waals surface area contributed by atoms with E-state index in [0.717, 1.165) is 10.5 Å². The van der Waals surface area contributed by atoms with Crippen molar-refractivity contribution in [1.29, 1.82) is 0 Å². The van der Waals surface area contributed by atoms with E-state index in [1.165, 1.54) is 6.92 Å². The molecule has 0 aromatic heterocycles. The largest absolute Gasteiger partial charge is 0.462 e. The molecule has 0 saturated carbocycles. The number of rotatable bonds is 18. The van der Waals surface area contributed by atoms with E-state index in [2.05, 4.69) is 24.3 Å². The fourth-order valence-corrected chi connectivity index (χ4v) is 5.06. The predicted octanol–water partition coefficient (Wildman–Crippen LogP) is 4.98. The van der Waals surface area contributed by atoms with Crippen molar-refractivity contribution < 1.29 is 33.6 Å². The highest BCUT2D eigenvalue weighted by Gasteiger charge is 2.27. The van der Waals surface area contributed by atoms with Crippen molar-refractivity contribution in [2.24, 2.45) is 0 Å².